The van der Waals surface area contributed by atoms with Gasteiger partial charge in [0.2, 0.25) is 5.91 Å². The second kappa shape index (κ2) is 16.8. The van der Waals surface area contributed by atoms with Gasteiger partial charge in [-0.3, -0.25) is 14.4 Å². The zero-order valence-corrected chi connectivity index (χ0v) is 25.4. The number of benzene rings is 4. The van der Waals surface area contributed by atoms with E-state index in [1.807, 2.05) is 84.9 Å². The average Bonchev–Trinajstić information content (AvgIpc) is 3.04. The molecule has 4 rings (SSSR count). The normalized spacial score (nSPS) is 11.3. The van der Waals surface area contributed by atoms with Crippen LogP contribution in [0.15, 0.2) is 102 Å². The molecule has 228 valence electrons. The van der Waals surface area contributed by atoms with E-state index in [4.69, 9.17) is 0 Å². The van der Waals surface area contributed by atoms with Crippen LogP contribution in [-0.2, 0) is 22.7 Å². The van der Waals surface area contributed by atoms with Crippen LogP contribution in [0, 0.1) is 0 Å². The number of amides is 2. The third-order valence-corrected chi connectivity index (χ3v) is 7.55. The predicted molar refractivity (Wildman–Crippen MR) is 175 cm³/mol. The molecular formula is C37H41N3O4. The second-order valence-electron chi connectivity index (χ2n) is 11.1. The summed E-state index contributed by atoms with van der Waals surface area (Å²) in [7, 11) is 0. The Morgan fingerprint density at radius 3 is 1.93 bits per heavy atom. The van der Waals surface area contributed by atoms with E-state index in [0.29, 0.717) is 25.2 Å². The van der Waals surface area contributed by atoms with E-state index in [1.54, 1.807) is 17.0 Å². The fourth-order valence-electron chi connectivity index (χ4n) is 5.10. The molecule has 44 heavy (non-hydrogen) atoms. The first-order valence-electron chi connectivity index (χ1n) is 15.4. The van der Waals surface area contributed by atoms with Gasteiger partial charge in [0.25, 0.3) is 5.91 Å². The number of hydrogen-bond donors (Lipinski definition) is 2. The smallest absolute Gasteiger partial charge is 0.275 e. The van der Waals surface area contributed by atoms with Crippen molar-refractivity contribution < 1.29 is 19.5 Å². The van der Waals surface area contributed by atoms with Crippen LogP contribution in [-0.4, -0.2) is 33.3 Å². The number of ketones is 1. The van der Waals surface area contributed by atoms with Crippen molar-refractivity contribution in [2.24, 2.45) is 5.10 Å². The van der Waals surface area contributed by atoms with Crippen LogP contribution in [0.25, 0.3) is 10.8 Å². The van der Waals surface area contributed by atoms with Crippen molar-refractivity contribution in [3.63, 3.8) is 0 Å². The van der Waals surface area contributed by atoms with Gasteiger partial charge in [-0.15, -0.1) is 0 Å². The van der Waals surface area contributed by atoms with Gasteiger partial charge in [-0.2, -0.15) is 5.10 Å². The Balaban J connectivity index is 1.48. The zero-order chi connectivity index (χ0) is 31.1. The highest BCUT2D eigenvalue weighted by Crippen LogP contribution is 2.25. The van der Waals surface area contributed by atoms with Gasteiger partial charge >= 0.3 is 0 Å². The van der Waals surface area contributed by atoms with Gasteiger partial charge in [0, 0.05) is 38.1 Å². The number of Topliss-reactive ketones (excluding diaryl/α,β-unsaturated/α-hetero) is 1. The molecule has 2 N–H and O–H groups in total. The number of nitrogens with one attached hydrogen (secondary N) is 1. The number of hydrazone groups is 1. The molecular weight excluding hydrogens is 550 g/mol. The standard InChI is InChI=1S/C37H41N3O4/c1-2-3-4-11-20-33(41)25-32(38-39-37(44)34-23-30-18-12-13-19-31(30)24-35(34)42)21-22-36(43)40(26-28-14-7-5-8-15-28)27-29-16-9-6-10-17-29/h5-10,12-19,23-24,42H,2-4,11,20-22,25-27H2,1H3,(H,39,44)/b38-32+. The summed E-state index contributed by atoms with van der Waals surface area (Å²) in [4.78, 5) is 41.3. The van der Waals surface area contributed by atoms with Crippen molar-refractivity contribution >= 4 is 34.1 Å². The maximum Gasteiger partial charge on any atom is 0.275 e. The number of carbonyl (C=O) groups is 3. The number of phenolic OH excluding ortho intramolecular Hbond substituents is 1. The Kier molecular flexibility index (Phi) is 12.2. The lowest BCUT2D eigenvalue weighted by molar-refractivity contribution is -0.132. The quantitative estimate of drug-likeness (QED) is 0.0797. The maximum absolute atomic E-state index is 13.6. The minimum atomic E-state index is -0.581. The molecule has 0 saturated heterocycles. The molecule has 0 heterocycles. The number of phenols is 1. The monoisotopic (exact) mass is 591 g/mol. The van der Waals surface area contributed by atoms with Gasteiger partial charge in [0.15, 0.2) is 0 Å². The van der Waals surface area contributed by atoms with Crippen molar-refractivity contribution in [3.8, 4) is 5.75 Å². The summed E-state index contributed by atoms with van der Waals surface area (Å²) in [6, 6.07) is 30.3. The first-order chi connectivity index (χ1) is 21.4. The number of carbonyl (C=O) groups excluding carboxylic acids is 3. The Bertz CT molecular complexity index is 1530. The van der Waals surface area contributed by atoms with Crippen molar-refractivity contribution in [3.05, 3.63) is 114 Å². The molecule has 0 saturated carbocycles. The summed E-state index contributed by atoms with van der Waals surface area (Å²) in [6.07, 6.45) is 4.80. The van der Waals surface area contributed by atoms with Crippen LogP contribution in [0.5, 0.6) is 5.75 Å². The largest absolute Gasteiger partial charge is 0.507 e. The van der Waals surface area contributed by atoms with Crippen molar-refractivity contribution in [1.29, 1.82) is 0 Å². The molecule has 7 nitrogen and oxygen atoms in total. The summed E-state index contributed by atoms with van der Waals surface area (Å²) in [6.45, 7) is 3.03. The fourth-order valence-corrected chi connectivity index (χ4v) is 5.10. The van der Waals surface area contributed by atoms with E-state index in [0.717, 1.165) is 47.6 Å². The Hall–Kier alpha value is -4.78. The van der Waals surface area contributed by atoms with Gasteiger partial charge in [-0.1, -0.05) is 111 Å². The van der Waals surface area contributed by atoms with E-state index < -0.39 is 5.91 Å². The second-order valence-corrected chi connectivity index (χ2v) is 11.1. The van der Waals surface area contributed by atoms with Gasteiger partial charge in [-0.05, 0) is 46.9 Å². The van der Waals surface area contributed by atoms with Crippen molar-refractivity contribution in [2.45, 2.75) is 71.4 Å². The molecule has 0 bridgehead atoms. The summed E-state index contributed by atoms with van der Waals surface area (Å²) in [5.74, 6) is -0.778. The van der Waals surface area contributed by atoms with Gasteiger partial charge in [-0.25, -0.2) is 5.43 Å². The lowest BCUT2D eigenvalue weighted by Crippen LogP contribution is -2.30. The molecule has 0 atom stereocenters. The molecule has 7 heteroatoms. The SMILES string of the molecule is CCCCCCC(=O)C/C(CCC(=O)N(Cc1ccccc1)Cc1ccccc1)=N/NC(=O)c1cc2ccccc2cc1O. The van der Waals surface area contributed by atoms with E-state index in [2.05, 4.69) is 17.5 Å². The van der Waals surface area contributed by atoms with Crippen molar-refractivity contribution in [1.82, 2.24) is 10.3 Å². The van der Waals surface area contributed by atoms with E-state index in [-0.39, 0.29) is 42.3 Å². The van der Waals surface area contributed by atoms with Crippen LogP contribution < -0.4 is 5.43 Å². The van der Waals surface area contributed by atoms with E-state index >= 15 is 0 Å². The van der Waals surface area contributed by atoms with Crippen LogP contribution in [0.2, 0.25) is 0 Å². The number of nitrogens with zero attached hydrogens (tertiary/aromatic N) is 2. The molecule has 0 aliphatic carbocycles. The minimum absolute atomic E-state index is 0.0283. The number of unbranched alkanes of at least 4 members (excludes halogenated alkanes) is 3. The number of rotatable bonds is 16. The van der Waals surface area contributed by atoms with E-state index in [1.165, 1.54) is 0 Å². The maximum atomic E-state index is 13.6. The fraction of sp³-hybridized carbons (Fsp3) is 0.297. The zero-order valence-electron chi connectivity index (χ0n) is 25.4. The highest BCUT2D eigenvalue weighted by molar-refractivity contribution is 6.05. The molecule has 0 radical (unpaired) electrons. The van der Waals surface area contributed by atoms with Gasteiger partial charge in [0.05, 0.1) is 5.56 Å². The topological polar surface area (TPSA) is 99.1 Å². The number of fused-ring (bicyclic) bond motifs is 1. The van der Waals surface area contributed by atoms with Gasteiger partial charge < -0.3 is 10.0 Å². The summed E-state index contributed by atoms with van der Waals surface area (Å²) in [5.41, 5.74) is 5.10. The minimum Gasteiger partial charge on any atom is -0.507 e. The lowest BCUT2D eigenvalue weighted by Gasteiger charge is -2.23. The van der Waals surface area contributed by atoms with Crippen LogP contribution in [0.3, 0.4) is 0 Å². The molecule has 0 aliphatic rings. The number of hydrogen-bond acceptors (Lipinski definition) is 5. The highest BCUT2D eigenvalue weighted by Gasteiger charge is 2.18. The third kappa shape index (κ3) is 9.90. The number of aromatic hydroxyl groups is 1. The van der Waals surface area contributed by atoms with Crippen LogP contribution >= 0.6 is 0 Å². The first-order valence-corrected chi connectivity index (χ1v) is 15.4. The summed E-state index contributed by atoms with van der Waals surface area (Å²) in [5, 5.41) is 16.4. The molecule has 0 aromatic heterocycles. The first kappa shape index (κ1) is 32.1. The Morgan fingerprint density at radius 1 is 0.727 bits per heavy atom. The summed E-state index contributed by atoms with van der Waals surface area (Å²) >= 11 is 0. The molecule has 0 spiro atoms. The predicted octanol–water partition coefficient (Wildman–Crippen LogP) is 7.57. The molecule has 4 aromatic rings. The Labute approximate surface area is 259 Å². The molecule has 4 aromatic carbocycles. The van der Waals surface area contributed by atoms with E-state index in [9.17, 15) is 19.5 Å². The summed E-state index contributed by atoms with van der Waals surface area (Å²) < 4.78 is 0. The highest BCUT2D eigenvalue weighted by atomic mass is 16.3. The Morgan fingerprint density at radius 2 is 1.32 bits per heavy atom. The molecule has 0 aliphatic heterocycles. The van der Waals surface area contributed by atoms with Crippen molar-refractivity contribution in [2.75, 3.05) is 0 Å². The van der Waals surface area contributed by atoms with Crippen LogP contribution in [0.1, 0.15) is 79.8 Å². The molecule has 0 fully saturated rings. The third-order valence-electron chi connectivity index (χ3n) is 7.55. The molecule has 2 amide bonds. The molecule has 0 unspecified atom stereocenters. The lowest BCUT2D eigenvalue weighted by atomic mass is 10.0. The van der Waals surface area contributed by atoms with Gasteiger partial charge in [0.1, 0.15) is 11.5 Å². The average molecular weight is 592 g/mol. The van der Waals surface area contributed by atoms with Crippen LogP contribution in [0.4, 0.5) is 0 Å².